The number of anilines is 1. The lowest BCUT2D eigenvalue weighted by molar-refractivity contribution is -0.113. The second-order valence-electron chi connectivity index (χ2n) is 5.35. The maximum atomic E-state index is 12.8. The van der Waals surface area contributed by atoms with Crippen LogP contribution in [0.15, 0.2) is 53.0 Å². The van der Waals surface area contributed by atoms with Crippen molar-refractivity contribution in [1.82, 2.24) is 10.6 Å². The highest BCUT2D eigenvalue weighted by molar-refractivity contribution is 7.10. The Morgan fingerprint density at radius 1 is 1.17 bits per heavy atom. The van der Waals surface area contributed by atoms with Crippen LogP contribution < -0.4 is 16.0 Å². The Morgan fingerprint density at radius 3 is 2.65 bits per heavy atom. The van der Waals surface area contributed by atoms with E-state index in [0.717, 1.165) is 16.1 Å². The molecular formula is C17H17N3O2S. The summed E-state index contributed by atoms with van der Waals surface area (Å²) in [6.07, 6.45) is 0. The summed E-state index contributed by atoms with van der Waals surface area (Å²) in [5.41, 5.74) is 2.84. The lowest BCUT2D eigenvalue weighted by Gasteiger charge is -2.27. The van der Waals surface area contributed by atoms with Crippen LogP contribution in [0.3, 0.4) is 0 Å². The van der Waals surface area contributed by atoms with Crippen LogP contribution in [0, 0.1) is 6.92 Å². The number of thiophene rings is 1. The van der Waals surface area contributed by atoms with Gasteiger partial charge in [-0.15, -0.1) is 11.3 Å². The Labute approximate surface area is 138 Å². The Kier molecular flexibility index (Phi) is 4.16. The molecule has 0 saturated carbocycles. The minimum absolute atomic E-state index is 0.220. The predicted octanol–water partition coefficient (Wildman–Crippen LogP) is 3.32. The molecule has 1 aromatic heterocycles. The number of aryl methyl sites for hydroxylation is 1. The molecular weight excluding hydrogens is 310 g/mol. The van der Waals surface area contributed by atoms with Crippen molar-refractivity contribution in [3.05, 3.63) is 63.5 Å². The third kappa shape index (κ3) is 3.12. The molecule has 2 aromatic rings. The number of hydrogen-bond acceptors (Lipinski definition) is 3. The van der Waals surface area contributed by atoms with Crippen LogP contribution >= 0.6 is 11.3 Å². The number of carbonyl (C=O) groups excluding carboxylic acids is 2. The smallest absolute Gasteiger partial charge is 0.319 e. The zero-order valence-electron chi connectivity index (χ0n) is 12.8. The van der Waals surface area contributed by atoms with Crippen LogP contribution in [0.5, 0.6) is 0 Å². The molecule has 118 valence electrons. The molecule has 3 rings (SSSR count). The standard InChI is InChI=1S/C17H17N3O2S/c1-10-6-3-4-7-12(10)19-16(21)14-11(2)18-17(22)20-15(14)13-8-5-9-23-13/h3-9,15H,1-2H3,(H,19,21)(H2,18,20,22). The van der Waals surface area contributed by atoms with E-state index in [4.69, 9.17) is 0 Å². The van der Waals surface area contributed by atoms with E-state index in [1.54, 1.807) is 6.92 Å². The number of rotatable bonds is 3. The molecule has 0 bridgehead atoms. The van der Waals surface area contributed by atoms with Gasteiger partial charge in [0.1, 0.15) is 0 Å². The number of benzene rings is 1. The van der Waals surface area contributed by atoms with E-state index in [1.807, 2.05) is 48.7 Å². The Balaban J connectivity index is 1.94. The minimum atomic E-state index is -0.437. The molecule has 1 atom stereocenters. The first kappa shape index (κ1) is 15.3. The van der Waals surface area contributed by atoms with Gasteiger partial charge in [0, 0.05) is 16.3 Å². The van der Waals surface area contributed by atoms with Crippen LogP contribution in [-0.2, 0) is 4.79 Å². The van der Waals surface area contributed by atoms with Crippen LogP contribution in [0.25, 0.3) is 0 Å². The largest absolute Gasteiger partial charge is 0.326 e. The van der Waals surface area contributed by atoms with Gasteiger partial charge in [-0.1, -0.05) is 24.3 Å². The summed E-state index contributed by atoms with van der Waals surface area (Å²) in [6, 6.07) is 10.7. The summed E-state index contributed by atoms with van der Waals surface area (Å²) in [4.78, 5) is 25.5. The molecule has 0 radical (unpaired) electrons. The monoisotopic (exact) mass is 327 g/mol. The second-order valence-corrected chi connectivity index (χ2v) is 6.33. The van der Waals surface area contributed by atoms with E-state index in [-0.39, 0.29) is 11.9 Å². The summed E-state index contributed by atoms with van der Waals surface area (Å²) in [5, 5.41) is 10.4. The lowest BCUT2D eigenvalue weighted by Crippen LogP contribution is -2.45. The molecule has 1 aliphatic rings. The van der Waals surface area contributed by atoms with Gasteiger partial charge in [-0.25, -0.2) is 4.79 Å². The first-order chi connectivity index (χ1) is 11.1. The molecule has 3 amide bonds. The zero-order chi connectivity index (χ0) is 16.4. The molecule has 1 aliphatic heterocycles. The van der Waals surface area contributed by atoms with E-state index in [2.05, 4.69) is 16.0 Å². The summed E-state index contributed by atoms with van der Waals surface area (Å²) >= 11 is 1.51. The number of para-hydroxylation sites is 1. The number of amides is 3. The molecule has 2 heterocycles. The fourth-order valence-corrected chi connectivity index (χ4v) is 3.35. The van der Waals surface area contributed by atoms with Gasteiger partial charge in [-0.3, -0.25) is 4.79 Å². The van der Waals surface area contributed by atoms with Crippen molar-refractivity contribution in [2.45, 2.75) is 19.9 Å². The fraction of sp³-hybridized carbons (Fsp3) is 0.176. The SMILES string of the molecule is CC1=C(C(=O)Nc2ccccc2C)C(c2cccs2)NC(=O)N1. The Bertz CT molecular complexity index is 781. The number of urea groups is 1. The van der Waals surface area contributed by atoms with E-state index in [0.29, 0.717) is 11.3 Å². The van der Waals surface area contributed by atoms with Crippen LogP contribution in [-0.4, -0.2) is 11.9 Å². The van der Waals surface area contributed by atoms with Crippen LogP contribution in [0.4, 0.5) is 10.5 Å². The maximum Gasteiger partial charge on any atom is 0.319 e. The van der Waals surface area contributed by atoms with Gasteiger partial charge in [0.2, 0.25) is 0 Å². The van der Waals surface area contributed by atoms with Gasteiger partial charge >= 0.3 is 6.03 Å². The van der Waals surface area contributed by atoms with E-state index < -0.39 is 6.04 Å². The predicted molar refractivity (Wildman–Crippen MR) is 91.2 cm³/mol. The number of nitrogens with one attached hydrogen (secondary N) is 3. The van der Waals surface area contributed by atoms with E-state index in [1.165, 1.54) is 11.3 Å². The number of hydrogen-bond donors (Lipinski definition) is 3. The molecule has 0 aliphatic carbocycles. The summed E-state index contributed by atoms with van der Waals surface area (Å²) in [7, 11) is 0. The third-order valence-electron chi connectivity index (χ3n) is 3.73. The van der Waals surface area contributed by atoms with Gasteiger partial charge in [0.15, 0.2) is 0 Å². The van der Waals surface area contributed by atoms with Gasteiger partial charge in [-0.05, 0) is 36.9 Å². The van der Waals surface area contributed by atoms with Gasteiger partial charge in [-0.2, -0.15) is 0 Å². The van der Waals surface area contributed by atoms with E-state index >= 15 is 0 Å². The molecule has 6 heteroatoms. The van der Waals surface area contributed by atoms with Gasteiger partial charge < -0.3 is 16.0 Å². The van der Waals surface area contributed by atoms with Gasteiger partial charge in [0.25, 0.3) is 5.91 Å². The molecule has 23 heavy (non-hydrogen) atoms. The van der Waals surface area contributed by atoms with Crippen molar-refractivity contribution < 1.29 is 9.59 Å². The zero-order valence-corrected chi connectivity index (χ0v) is 13.7. The Hall–Kier alpha value is -2.60. The highest BCUT2D eigenvalue weighted by Crippen LogP contribution is 2.30. The van der Waals surface area contributed by atoms with E-state index in [9.17, 15) is 9.59 Å². The van der Waals surface area contributed by atoms with Crippen molar-refractivity contribution >= 4 is 29.0 Å². The first-order valence-corrected chi connectivity index (χ1v) is 8.13. The second kappa shape index (κ2) is 6.26. The van der Waals surface area contributed by atoms with Gasteiger partial charge in [0.05, 0.1) is 11.6 Å². The van der Waals surface area contributed by atoms with Crippen molar-refractivity contribution in [3.8, 4) is 0 Å². The molecule has 3 N–H and O–H groups in total. The molecule has 1 aromatic carbocycles. The third-order valence-corrected chi connectivity index (χ3v) is 4.67. The lowest BCUT2D eigenvalue weighted by atomic mass is 10.0. The van der Waals surface area contributed by atoms with Crippen molar-refractivity contribution in [1.29, 1.82) is 0 Å². The van der Waals surface area contributed by atoms with Crippen molar-refractivity contribution in [2.75, 3.05) is 5.32 Å². The molecule has 0 fully saturated rings. The number of carbonyl (C=O) groups is 2. The average molecular weight is 327 g/mol. The number of allylic oxidation sites excluding steroid dienone is 1. The van der Waals surface area contributed by atoms with Crippen LogP contribution in [0.1, 0.15) is 23.4 Å². The first-order valence-electron chi connectivity index (χ1n) is 7.25. The molecule has 0 spiro atoms. The fourth-order valence-electron chi connectivity index (χ4n) is 2.57. The Morgan fingerprint density at radius 2 is 1.96 bits per heavy atom. The molecule has 5 nitrogen and oxygen atoms in total. The summed E-state index contributed by atoms with van der Waals surface area (Å²) in [6.45, 7) is 3.68. The average Bonchev–Trinajstić information content (AvgIpc) is 3.03. The summed E-state index contributed by atoms with van der Waals surface area (Å²) < 4.78 is 0. The maximum absolute atomic E-state index is 12.8. The normalized spacial score (nSPS) is 17.5. The molecule has 1 unspecified atom stereocenters. The van der Waals surface area contributed by atoms with Crippen LogP contribution in [0.2, 0.25) is 0 Å². The van der Waals surface area contributed by atoms with Crippen molar-refractivity contribution in [3.63, 3.8) is 0 Å². The highest BCUT2D eigenvalue weighted by atomic mass is 32.1. The molecule has 0 saturated heterocycles. The minimum Gasteiger partial charge on any atom is -0.326 e. The van der Waals surface area contributed by atoms with Crippen molar-refractivity contribution in [2.24, 2.45) is 0 Å². The highest BCUT2D eigenvalue weighted by Gasteiger charge is 2.31. The summed E-state index contributed by atoms with van der Waals surface area (Å²) in [5.74, 6) is -0.220. The quantitative estimate of drug-likeness (QED) is 0.809. The topological polar surface area (TPSA) is 70.2 Å².